The molecule has 0 saturated heterocycles. The number of hydrogen-bond donors (Lipinski definition) is 3. The predicted molar refractivity (Wildman–Crippen MR) is 79.7 cm³/mol. The van der Waals surface area contributed by atoms with E-state index in [1.807, 2.05) is 0 Å². The fraction of sp³-hybridized carbons (Fsp3) is 0.538. The van der Waals surface area contributed by atoms with E-state index in [1.165, 1.54) is 0 Å². The zero-order valence-electron chi connectivity index (χ0n) is 12.6. The molecule has 1 aromatic rings. The van der Waals surface area contributed by atoms with E-state index in [4.69, 9.17) is 0 Å². The average molecular weight is 313 g/mol. The highest BCUT2D eigenvalue weighted by Gasteiger charge is 2.33. The number of aromatic amines is 1. The lowest BCUT2D eigenvalue weighted by molar-refractivity contribution is -0.142. The summed E-state index contributed by atoms with van der Waals surface area (Å²) in [5, 5.41) is 12.0. The third kappa shape index (κ3) is 4.07. The number of H-pyrrole nitrogens is 1. The molecule has 1 atom stereocenters. The standard InChI is InChI=1S/C13H19N3O4S/c1-6-7(10(21-5)16-12(20)14-6)9(17)15-8(11(18)19)13(2,3)4/h8H,1-5H3,(H,15,17)(H,18,19)(H,14,16,20)/t8-/m0/s1. The molecule has 1 aromatic heterocycles. The Hall–Kier alpha value is -1.83. The van der Waals surface area contributed by atoms with Gasteiger partial charge in [0.2, 0.25) is 0 Å². The summed E-state index contributed by atoms with van der Waals surface area (Å²) < 4.78 is 0. The largest absolute Gasteiger partial charge is 0.480 e. The maximum absolute atomic E-state index is 12.4. The van der Waals surface area contributed by atoms with E-state index in [2.05, 4.69) is 15.3 Å². The Labute approximate surface area is 126 Å². The summed E-state index contributed by atoms with van der Waals surface area (Å²) >= 11 is 1.16. The van der Waals surface area contributed by atoms with Crippen LogP contribution < -0.4 is 11.0 Å². The van der Waals surface area contributed by atoms with Crippen LogP contribution in [0.2, 0.25) is 0 Å². The predicted octanol–water partition coefficient (Wildman–Crippen LogP) is 1.03. The Morgan fingerprint density at radius 3 is 2.38 bits per heavy atom. The van der Waals surface area contributed by atoms with Crippen LogP contribution in [0, 0.1) is 12.3 Å². The van der Waals surface area contributed by atoms with E-state index in [-0.39, 0.29) is 10.6 Å². The monoisotopic (exact) mass is 313 g/mol. The molecule has 0 aliphatic rings. The molecule has 0 fully saturated rings. The number of carbonyl (C=O) groups excluding carboxylic acids is 1. The molecule has 8 heteroatoms. The molecule has 21 heavy (non-hydrogen) atoms. The van der Waals surface area contributed by atoms with Crippen LogP contribution in [0.3, 0.4) is 0 Å². The number of carboxylic acid groups (broad SMARTS) is 1. The first-order valence-corrected chi connectivity index (χ1v) is 7.49. The third-order valence-electron chi connectivity index (χ3n) is 2.90. The van der Waals surface area contributed by atoms with Crippen LogP contribution in [-0.4, -0.2) is 39.2 Å². The summed E-state index contributed by atoms with van der Waals surface area (Å²) in [6.07, 6.45) is 1.69. The van der Waals surface area contributed by atoms with E-state index >= 15 is 0 Å². The number of rotatable bonds is 4. The van der Waals surface area contributed by atoms with E-state index in [1.54, 1.807) is 34.0 Å². The van der Waals surface area contributed by atoms with Crippen LogP contribution in [0.5, 0.6) is 0 Å². The Kier molecular flexibility index (Phi) is 5.16. The molecule has 1 rings (SSSR count). The SMILES string of the molecule is CSc1nc(=O)[nH]c(C)c1C(=O)N[C@@H](C(=O)O)C(C)(C)C. The Morgan fingerprint density at radius 2 is 1.95 bits per heavy atom. The molecule has 0 spiro atoms. The molecular formula is C13H19N3O4S. The lowest BCUT2D eigenvalue weighted by Crippen LogP contribution is -2.49. The number of hydrogen-bond acceptors (Lipinski definition) is 5. The van der Waals surface area contributed by atoms with Gasteiger partial charge in [-0.25, -0.2) is 9.59 Å². The number of carboxylic acids is 1. The average Bonchev–Trinajstić information content (AvgIpc) is 2.32. The van der Waals surface area contributed by atoms with Crippen molar-refractivity contribution in [3.05, 3.63) is 21.7 Å². The highest BCUT2D eigenvalue weighted by molar-refractivity contribution is 7.98. The van der Waals surface area contributed by atoms with Gasteiger partial charge in [-0.2, -0.15) is 4.98 Å². The lowest BCUT2D eigenvalue weighted by atomic mass is 9.86. The van der Waals surface area contributed by atoms with Gasteiger partial charge in [0.1, 0.15) is 11.1 Å². The number of nitrogens with one attached hydrogen (secondary N) is 2. The second-order valence-electron chi connectivity index (χ2n) is 5.66. The molecule has 7 nitrogen and oxygen atoms in total. The summed E-state index contributed by atoms with van der Waals surface area (Å²) in [5.74, 6) is -1.68. The highest BCUT2D eigenvalue weighted by Crippen LogP contribution is 2.22. The van der Waals surface area contributed by atoms with Crippen molar-refractivity contribution in [3.8, 4) is 0 Å². The molecule has 0 saturated carbocycles. The number of aromatic nitrogens is 2. The first-order chi connectivity index (χ1) is 9.57. The zero-order valence-corrected chi connectivity index (χ0v) is 13.4. The van der Waals surface area contributed by atoms with Gasteiger partial charge in [-0.05, 0) is 18.6 Å². The van der Waals surface area contributed by atoms with Crippen molar-refractivity contribution >= 4 is 23.6 Å². The van der Waals surface area contributed by atoms with Crippen molar-refractivity contribution < 1.29 is 14.7 Å². The number of aliphatic carboxylic acids is 1. The molecule has 0 unspecified atom stereocenters. The first-order valence-electron chi connectivity index (χ1n) is 6.26. The normalized spacial score (nSPS) is 12.8. The molecule has 0 aliphatic heterocycles. The molecule has 0 aromatic carbocycles. The summed E-state index contributed by atoms with van der Waals surface area (Å²) in [6, 6.07) is -1.05. The molecule has 1 heterocycles. The summed E-state index contributed by atoms with van der Waals surface area (Å²) in [5.41, 5.74) is -0.642. The van der Waals surface area contributed by atoms with Crippen molar-refractivity contribution in [2.45, 2.75) is 38.8 Å². The molecule has 0 radical (unpaired) electrons. The molecule has 116 valence electrons. The zero-order chi connectivity index (χ0) is 16.4. The van der Waals surface area contributed by atoms with Crippen LogP contribution in [0.15, 0.2) is 9.82 Å². The molecule has 0 bridgehead atoms. The number of thioether (sulfide) groups is 1. The van der Waals surface area contributed by atoms with Crippen molar-refractivity contribution in [3.63, 3.8) is 0 Å². The lowest BCUT2D eigenvalue weighted by Gasteiger charge is -2.28. The van der Waals surface area contributed by atoms with Crippen LogP contribution >= 0.6 is 11.8 Å². The Balaban J connectivity index is 3.21. The number of aryl methyl sites for hydroxylation is 1. The highest BCUT2D eigenvalue weighted by atomic mass is 32.2. The Bertz CT molecular complexity index is 619. The van der Waals surface area contributed by atoms with Crippen LogP contribution in [0.25, 0.3) is 0 Å². The summed E-state index contributed by atoms with van der Waals surface area (Å²) in [4.78, 5) is 41.2. The maximum atomic E-state index is 12.4. The molecule has 3 N–H and O–H groups in total. The van der Waals surface area contributed by atoms with E-state index in [0.717, 1.165) is 11.8 Å². The molecular weight excluding hydrogens is 294 g/mol. The van der Waals surface area contributed by atoms with Gasteiger partial charge in [0.05, 0.1) is 5.56 Å². The van der Waals surface area contributed by atoms with Crippen molar-refractivity contribution in [1.29, 1.82) is 0 Å². The van der Waals surface area contributed by atoms with Gasteiger partial charge in [-0.3, -0.25) is 4.79 Å². The van der Waals surface area contributed by atoms with Gasteiger partial charge in [0.25, 0.3) is 5.91 Å². The van der Waals surface area contributed by atoms with E-state index < -0.39 is 29.0 Å². The van der Waals surface area contributed by atoms with Gasteiger partial charge in [0, 0.05) is 5.69 Å². The van der Waals surface area contributed by atoms with Crippen LogP contribution in [-0.2, 0) is 4.79 Å². The van der Waals surface area contributed by atoms with E-state index in [9.17, 15) is 19.5 Å². The number of amides is 1. The van der Waals surface area contributed by atoms with Crippen LogP contribution in [0.4, 0.5) is 0 Å². The minimum Gasteiger partial charge on any atom is -0.480 e. The molecule has 0 aliphatic carbocycles. The smallest absolute Gasteiger partial charge is 0.346 e. The van der Waals surface area contributed by atoms with Crippen molar-refractivity contribution in [2.24, 2.45) is 5.41 Å². The van der Waals surface area contributed by atoms with Crippen molar-refractivity contribution in [2.75, 3.05) is 6.26 Å². The van der Waals surface area contributed by atoms with Crippen LogP contribution in [0.1, 0.15) is 36.8 Å². The van der Waals surface area contributed by atoms with E-state index in [0.29, 0.717) is 5.69 Å². The fourth-order valence-corrected chi connectivity index (χ4v) is 2.45. The minimum atomic E-state index is -1.11. The topological polar surface area (TPSA) is 112 Å². The second kappa shape index (κ2) is 6.30. The first kappa shape index (κ1) is 17.2. The fourth-order valence-electron chi connectivity index (χ4n) is 1.83. The number of carbonyl (C=O) groups is 2. The maximum Gasteiger partial charge on any atom is 0.346 e. The summed E-state index contributed by atoms with van der Waals surface area (Å²) in [6.45, 7) is 6.74. The van der Waals surface area contributed by atoms with Gasteiger partial charge in [-0.1, -0.05) is 20.8 Å². The second-order valence-corrected chi connectivity index (χ2v) is 6.46. The Morgan fingerprint density at radius 1 is 1.38 bits per heavy atom. The molecule has 1 amide bonds. The minimum absolute atomic E-state index is 0.192. The summed E-state index contributed by atoms with van der Waals surface area (Å²) in [7, 11) is 0. The quantitative estimate of drug-likeness (QED) is 0.565. The third-order valence-corrected chi connectivity index (χ3v) is 3.58. The van der Waals surface area contributed by atoms with Gasteiger partial charge in [-0.15, -0.1) is 11.8 Å². The van der Waals surface area contributed by atoms with Gasteiger partial charge in [0.15, 0.2) is 0 Å². The van der Waals surface area contributed by atoms with Gasteiger partial charge >= 0.3 is 11.7 Å². The van der Waals surface area contributed by atoms with Crippen molar-refractivity contribution in [1.82, 2.24) is 15.3 Å². The number of nitrogens with zero attached hydrogens (tertiary/aromatic N) is 1. The van der Waals surface area contributed by atoms with Gasteiger partial charge < -0.3 is 15.4 Å².